The van der Waals surface area contributed by atoms with Crippen LogP contribution >= 0.6 is 0 Å². The van der Waals surface area contributed by atoms with Crippen LogP contribution in [0, 0.1) is 5.92 Å². The molecular formula is C22H25N3O3. The molecule has 28 heavy (non-hydrogen) atoms. The van der Waals surface area contributed by atoms with Crippen LogP contribution in [-0.2, 0) is 20.8 Å². The Bertz CT molecular complexity index is 808. The van der Waals surface area contributed by atoms with Crippen molar-refractivity contribution < 1.29 is 14.4 Å². The third-order valence-electron chi connectivity index (χ3n) is 4.79. The number of nitrogens with zero attached hydrogens (tertiary/aromatic N) is 1. The maximum atomic E-state index is 12.3. The van der Waals surface area contributed by atoms with Gasteiger partial charge in [-0.3, -0.25) is 14.4 Å². The fourth-order valence-corrected chi connectivity index (χ4v) is 3.26. The van der Waals surface area contributed by atoms with Crippen LogP contribution in [0.3, 0.4) is 0 Å². The molecule has 6 heteroatoms. The molecule has 2 N–H and O–H groups in total. The second kappa shape index (κ2) is 9.69. The Balaban J connectivity index is 1.34. The van der Waals surface area contributed by atoms with Crippen molar-refractivity contribution in [3.05, 3.63) is 66.2 Å². The van der Waals surface area contributed by atoms with Crippen LogP contribution in [0.1, 0.15) is 18.4 Å². The van der Waals surface area contributed by atoms with Gasteiger partial charge < -0.3 is 15.5 Å². The lowest BCUT2D eigenvalue weighted by Gasteiger charge is -2.16. The van der Waals surface area contributed by atoms with Gasteiger partial charge in [-0.1, -0.05) is 48.5 Å². The molecule has 0 spiro atoms. The second-order valence-corrected chi connectivity index (χ2v) is 6.87. The van der Waals surface area contributed by atoms with Gasteiger partial charge in [0.05, 0.1) is 5.92 Å². The van der Waals surface area contributed by atoms with Crippen LogP contribution < -0.4 is 15.5 Å². The first-order chi connectivity index (χ1) is 13.6. The third-order valence-corrected chi connectivity index (χ3v) is 4.79. The van der Waals surface area contributed by atoms with Crippen LogP contribution in [0.2, 0.25) is 0 Å². The summed E-state index contributed by atoms with van der Waals surface area (Å²) in [5, 5.41) is 5.63. The van der Waals surface area contributed by atoms with E-state index < -0.39 is 0 Å². The number of benzene rings is 2. The maximum absolute atomic E-state index is 12.3. The number of amides is 3. The van der Waals surface area contributed by atoms with E-state index >= 15 is 0 Å². The molecule has 3 amide bonds. The molecule has 1 fully saturated rings. The predicted molar refractivity (Wildman–Crippen MR) is 108 cm³/mol. The average molecular weight is 379 g/mol. The first-order valence-corrected chi connectivity index (χ1v) is 9.57. The van der Waals surface area contributed by atoms with Crippen molar-refractivity contribution in [2.24, 2.45) is 5.92 Å². The fraction of sp³-hybridized carbons (Fsp3) is 0.318. The lowest BCUT2D eigenvalue weighted by Crippen LogP contribution is -2.38. The highest BCUT2D eigenvalue weighted by atomic mass is 16.2. The first-order valence-electron chi connectivity index (χ1n) is 9.57. The van der Waals surface area contributed by atoms with Crippen molar-refractivity contribution in [1.82, 2.24) is 10.6 Å². The normalized spacial score (nSPS) is 16.1. The highest BCUT2D eigenvalue weighted by Crippen LogP contribution is 2.24. The van der Waals surface area contributed by atoms with Gasteiger partial charge in [0, 0.05) is 38.2 Å². The van der Waals surface area contributed by atoms with Crippen molar-refractivity contribution >= 4 is 23.4 Å². The molecule has 6 nitrogen and oxygen atoms in total. The van der Waals surface area contributed by atoms with E-state index in [-0.39, 0.29) is 30.1 Å². The summed E-state index contributed by atoms with van der Waals surface area (Å²) in [4.78, 5) is 38.0. The van der Waals surface area contributed by atoms with Crippen LogP contribution in [0.15, 0.2) is 60.7 Å². The highest BCUT2D eigenvalue weighted by molar-refractivity contribution is 6.00. The van der Waals surface area contributed by atoms with E-state index in [9.17, 15) is 14.4 Å². The molecular weight excluding hydrogens is 354 g/mol. The Kier molecular flexibility index (Phi) is 6.78. The van der Waals surface area contributed by atoms with Crippen LogP contribution in [0.4, 0.5) is 5.69 Å². The van der Waals surface area contributed by atoms with Gasteiger partial charge in [-0.05, 0) is 24.1 Å². The Morgan fingerprint density at radius 1 is 0.929 bits per heavy atom. The number of carbonyl (C=O) groups is 3. The number of para-hydroxylation sites is 1. The fourth-order valence-electron chi connectivity index (χ4n) is 3.26. The molecule has 1 heterocycles. The number of hydrogen-bond acceptors (Lipinski definition) is 3. The minimum absolute atomic E-state index is 0.0376. The minimum atomic E-state index is -0.360. The molecule has 0 aliphatic carbocycles. The predicted octanol–water partition coefficient (Wildman–Crippen LogP) is 1.90. The summed E-state index contributed by atoms with van der Waals surface area (Å²) in [6.45, 7) is 1.12. The van der Waals surface area contributed by atoms with Gasteiger partial charge >= 0.3 is 0 Å². The van der Waals surface area contributed by atoms with Gasteiger partial charge in [0.15, 0.2) is 0 Å². The van der Waals surface area contributed by atoms with Gasteiger partial charge in [-0.25, -0.2) is 0 Å². The lowest BCUT2D eigenvalue weighted by molar-refractivity contribution is -0.126. The monoisotopic (exact) mass is 379 g/mol. The van der Waals surface area contributed by atoms with Gasteiger partial charge in [0.2, 0.25) is 17.7 Å². The van der Waals surface area contributed by atoms with Crippen LogP contribution in [0.5, 0.6) is 0 Å². The Morgan fingerprint density at radius 2 is 1.57 bits per heavy atom. The van der Waals surface area contributed by atoms with E-state index in [1.54, 1.807) is 4.90 Å². The van der Waals surface area contributed by atoms with Crippen LogP contribution in [-0.4, -0.2) is 37.4 Å². The number of carbonyl (C=O) groups excluding carboxylic acids is 3. The van der Waals surface area contributed by atoms with Gasteiger partial charge in [-0.2, -0.15) is 0 Å². The number of nitrogens with one attached hydrogen (secondary N) is 2. The Labute approximate surface area is 164 Å². The Hall–Kier alpha value is -3.15. The van der Waals surface area contributed by atoms with Crippen molar-refractivity contribution in [2.45, 2.75) is 19.3 Å². The standard InChI is InChI=1S/C22H25N3O3/c26-20(12-11-17-7-3-1-4-8-17)23-13-14-24-22(28)18-15-21(27)25(16-18)19-9-5-2-6-10-19/h1-10,18H,11-16H2,(H,23,26)(H,24,28). The molecule has 0 saturated carbocycles. The lowest BCUT2D eigenvalue weighted by atomic mass is 10.1. The molecule has 146 valence electrons. The summed E-state index contributed by atoms with van der Waals surface area (Å²) >= 11 is 0. The van der Waals surface area contributed by atoms with E-state index in [1.165, 1.54) is 0 Å². The number of rotatable bonds is 8. The molecule has 2 aromatic rings. The third kappa shape index (κ3) is 5.42. The number of aryl methyl sites for hydroxylation is 1. The molecule has 1 unspecified atom stereocenters. The maximum Gasteiger partial charge on any atom is 0.227 e. The summed E-state index contributed by atoms with van der Waals surface area (Å²) in [5.74, 6) is -0.586. The van der Waals surface area contributed by atoms with Crippen molar-refractivity contribution in [3.8, 4) is 0 Å². The molecule has 1 aliphatic rings. The number of anilines is 1. The smallest absolute Gasteiger partial charge is 0.227 e. The summed E-state index contributed by atoms with van der Waals surface area (Å²) in [6.07, 6.45) is 1.32. The van der Waals surface area contributed by atoms with E-state index in [4.69, 9.17) is 0 Å². The van der Waals surface area contributed by atoms with Crippen LogP contribution in [0.25, 0.3) is 0 Å². The summed E-state index contributed by atoms with van der Waals surface area (Å²) in [5.41, 5.74) is 1.94. The zero-order valence-electron chi connectivity index (χ0n) is 15.8. The molecule has 0 radical (unpaired) electrons. The van der Waals surface area contributed by atoms with Gasteiger partial charge in [-0.15, -0.1) is 0 Å². The SMILES string of the molecule is O=C(CCc1ccccc1)NCCNC(=O)C1CC(=O)N(c2ccccc2)C1. The molecule has 2 aromatic carbocycles. The van der Waals surface area contributed by atoms with Crippen molar-refractivity contribution in [1.29, 1.82) is 0 Å². The molecule has 0 aromatic heterocycles. The highest BCUT2D eigenvalue weighted by Gasteiger charge is 2.34. The largest absolute Gasteiger partial charge is 0.354 e. The van der Waals surface area contributed by atoms with E-state index in [0.717, 1.165) is 11.3 Å². The molecule has 1 aliphatic heterocycles. The minimum Gasteiger partial charge on any atom is -0.354 e. The van der Waals surface area contributed by atoms with Gasteiger partial charge in [0.1, 0.15) is 0 Å². The number of hydrogen-bond donors (Lipinski definition) is 2. The van der Waals surface area contributed by atoms with E-state index in [2.05, 4.69) is 10.6 Å². The molecule has 1 saturated heterocycles. The molecule has 0 bridgehead atoms. The van der Waals surface area contributed by atoms with Gasteiger partial charge in [0.25, 0.3) is 0 Å². The Morgan fingerprint density at radius 3 is 2.29 bits per heavy atom. The first kappa shape index (κ1) is 19.6. The molecule has 1 atom stereocenters. The van der Waals surface area contributed by atoms with E-state index in [0.29, 0.717) is 32.5 Å². The topological polar surface area (TPSA) is 78.5 Å². The summed E-state index contributed by atoms with van der Waals surface area (Å²) < 4.78 is 0. The second-order valence-electron chi connectivity index (χ2n) is 6.87. The quantitative estimate of drug-likeness (QED) is 0.688. The zero-order valence-corrected chi connectivity index (χ0v) is 15.8. The van der Waals surface area contributed by atoms with Crippen molar-refractivity contribution in [3.63, 3.8) is 0 Å². The average Bonchev–Trinajstić information content (AvgIpc) is 3.13. The van der Waals surface area contributed by atoms with Crippen molar-refractivity contribution in [2.75, 3.05) is 24.5 Å². The summed E-state index contributed by atoms with van der Waals surface area (Å²) in [7, 11) is 0. The van der Waals surface area contributed by atoms with E-state index in [1.807, 2.05) is 60.7 Å². The summed E-state index contributed by atoms with van der Waals surface area (Å²) in [6, 6.07) is 19.2. The zero-order chi connectivity index (χ0) is 19.8. The molecule has 3 rings (SSSR count).